The largest absolute Gasteiger partial charge is 0.444 e. The summed E-state index contributed by atoms with van der Waals surface area (Å²) in [4.78, 5) is 25.5. The van der Waals surface area contributed by atoms with Crippen LogP contribution in [0.4, 0.5) is 4.79 Å². The van der Waals surface area contributed by atoms with Crippen molar-refractivity contribution in [1.82, 2.24) is 24.8 Å². The summed E-state index contributed by atoms with van der Waals surface area (Å²) in [7, 11) is 0. The van der Waals surface area contributed by atoms with Crippen molar-refractivity contribution >= 4 is 23.2 Å². The maximum absolute atomic E-state index is 13.6. The summed E-state index contributed by atoms with van der Waals surface area (Å²) >= 11 is 6.53. The molecule has 0 aliphatic carbocycles. The predicted octanol–water partition coefficient (Wildman–Crippen LogP) is 5.10. The Hall–Kier alpha value is -2.84. The van der Waals surface area contributed by atoms with Crippen LogP contribution in [0.25, 0.3) is 5.52 Å². The summed E-state index contributed by atoms with van der Waals surface area (Å²) in [6, 6.07) is 11.8. The first-order valence-electron chi connectivity index (χ1n) is 12.5. The molecule has 0 saturated carbocycles. The zero-order chi connectivity index (χ0) is 26.5. The highest BCUT2D eigenvalue weighted by Gasteiger charge is 2.25. The third kappa shape index (κ3) is 6.89. The maximum atomic E-state index is 13.6. The normalized spacial score (nSPS) is 13.5. The molecule has 0 aliphatic heterocycles. The van der Waals surface area contributed by atoms with E-state index in [0.29, 0.717) is 42.3 Å². The number of aromatic nitrogens is 3. The molecular weight excluding hydrogens is 478 g/mol. The Morgan fingerprint density at radius 2 is 1.89 bits per heavy atom. The third-order valence-corrected chi connectivity index (χ3v) is 6.60. The van der Waals surface area contributed by atoms with E-state index in [2.05, 4.69) is 29.6 Å². The smallest absolute Gasteiger partial charge is 0.407 e. The van der Waals surface area contributed by atoms with E-state index in [1.165, 1.54) is 4.52 Å². The highest BCUT2D eigenvalue weighted by atomic mass is 35.5. The van der Waals surface area contributed by atoms with E-state index in [1.807, 2.05) is 57.2 Å². The molecule has 2 heterocycles. The van der Waals surface area contributed by atoms with Gasteiger partial charge in [-0.05, 0) is 58.2 Å². The number of benzene rings is 1. The van der Waals surface area contributed by atoms with E-state index in [9.17, 15) is 9.59 Å². The number of hydrogen-bond acceptors (Lipinski definition) is 5. The Morgan fingerprint density at radius 1 is 1.19 bits per heavy atom. The lowest BCUT2D eigenvalue weighted by molar-refractivity contribution is 0.0527. The highest BCUT2D eigenvalue weighted by molar-refractivity contribution is 6.34. The van der Waals surface area contributed by atoms with Crippen LogP contribution in [0.3, 0.4) is 0 Å². The Balaban J connectivity index is 1.88. The topological polar surface area (TPSA) is 89.7 Å². The Bertz CT molecular complexity index is 1230. The van der Waals surface area contributed by atoms with Gasteiger partial charge in [-0.3, -0.25) is 4.57 Å². The number of carbonyl (C=O) groups excluding carboxylic acids is 1. The molecule has 2 N–H and O–H groups in total. The average Bonchev–Trinajstić information content (AvgIpc) is 3.11. The summed E-state index contributed by atoms with van der Waals surface area (Å²) in [5.74, 6) is 0.246. The quantitative estimate of drug-likeness (QED) is 0.367. The van der Waals surface area contributed by atoms with Gasteiger partial charge in [0.2, 0.25) is 0 Å². The number of fused-ring (bicyclic) bond motifs is 1. The summed E-state index contributed by atoms with van der Waals surface area (Å²) in [5, 5.41) is 11.3. The Labute approximate surface area is 218 Å². The van der Waals surface area contributed by atoms with Gasteiger partial charge in [-0.25, -0.2) is 9.59 Å². The van der Waals surface area contributed by atoms with Gasteiger partial charge in [-0.15, -0.1) is 0 Å². The van der Waals surface area contributed by atoms with Gasteiger partial charge >= 0.3 is 11.8 Å². The van der Waals surface area contributed by atoms with Crippen molar-refractivity contribution in [3.8, 4) is 0 Å². The van der Waals surface area contributed by atoms with Gasteiger partial charge in [-0.1, -0.05) is 62.2 Å². The van der Waals surface area contributed by atoms with Crippen LogP contribution in [-0.2, 0) is 11.3 Å². The molecule has 0 bridgehead atoms. The molecule has 2 unspecified atom stereocenters. The van der Waals surface area contributed by atoms with Gasteiger partial charge in [0, 0.05) is 12.2 Å². The maximum Gasteiger partial charge on any atom is 0.407 e. The molecule has 3 aromatic rings. The molecule has 3 rings (SSSR count). The second-order valence-corrected chi connectivity index (χ2v) is 10.6. The average molecular weight is 516 g/mol. The molecule has 8 nitrogen and oxygen atoms in total. The number of amides is 1. The molecule has 1 amide bonds. The zero-order valence-corrected chi connectivity index (χ0v) is 22.9. The van der Waals surface area contributed by atoms with Crippen LogP contribution in [0.2, 0.25) is 5.02 Å². The Kier molecular flexibility index (Phi) is 9.19. The number of rotatable bonds is 10. The van der Waals surface area contributed by atoms with E-state index in [0.717, 1.165) is 17.7 Å². The summed E-state index contributed by atoms with van der Waals surface area (Å²) < 4.78 is 8.48. The molecule has 1 aromatic carbocycles. The first-order chi connectivity index (χ1) is 17.0. The molecule has 0 spiro atoms. The number of nitrogens with zero attached hydrogens (tertiary/aromatic N) is 3. The van der Waals surface area contributed by atoms with Crippen molar-refractivity contribution in [2.24, 2.45) is 5.92 Å². The van der Waals surface area contributed by atoms with E-state index >= 15 is 0 Å². The molecule has 9 heteroatoms. The monoisotopic (exact) mass is 515 g/mol. The lowest BCUT2D eigenvalue weighted by Gasteiger charge is -2.28. The van der Waals surface area contributed by atoms with E-state index < -0.39 is 11.7 Å². The highest BCUT2D eigenvalue weighted by Crippen LogP contribution is 2.28. The lowest BCUT2D eigenvalue weighted by Crippen LogP contribution is -2.38. The van der Waals surface area contributed by atoms with Crippen LogP contribution in [0.15, 0.2) is 41.2 Å². The molecule has 0 saturated heterocycles. The first kappa shape index (κ1) is 27.7. The minimum atomic E-state index is -0.529. The fourth-order valence-corrected chi connectivity index (χ4v) is 4.28. The minimum Gasteiger partial charge on any atom is -0.444 e. The van der Waals surface area contributed by atoms with Crippen LogP contribution in [0.1, 0.15) is 70.5 Å². The van der Waals surface area contributed by atoms with Crippen LogP contribution in [0.5, 0.6) is 0 Å². The molecule has 0 aliphatic rings. The number of carbonyl (C=O) groups is 1. The molecule has 196 valence electrons. The standard InChI is InChI=1S/C27H38ClN5O3/c1-7-18(2)24(29-14-11-15-30-25(34)36-27(4,5)6)22-16-21-23(28)19(3)31-33(21)26(35)32(22)17-20-12-9-8-10-13-20/h8-10,12-13,16,18,24,29H,7,11,14-15,17H2,1-6H3,(H,30,34). The molecule has 0 radical (unpaired) electrons. The fraction of sp³-hybridized carbons (Fsp3) is 0.519. The van der Waals surface area contributed by atoms with Gasteiger partial charge in [0.05, 0.1) is 28.8 Å². The summed E-state index contributed by atoms with van der Waals surface area (Å²) in [6.45, 7) is 13.2. The van der Waals surface area contributed by atoms with Crippen molar-refractivity contribution in [2.45, 2.75) is 72.6 Å². The molecule has 0 fully saturated rings. The second-order valence-electron chi connectivity index (χ2n) is 10.2. The number of halogens is 1. The van der Waals surface area contributed by atoms with Crippen LogP contribution >= 0.6 is 11.6 Å². The van der Waals surface area contributed by atoms with Crippen molar-refractivity contribution < 1.29 is 9.53 Å². The number of ether oxygens (including phenoxy) is 1. The predicted molar refractivity (Wildman–Crippen MR) is 144 cm³/mol. The van der Waals surface area contributed by atoms with Crippen molar-refractivity contribution in [3.05, 3.63) is 68.9 Å². The van der Waals surface area contributed by atoms with Crippen LogP contribution in [0, 0.1) is 12.8 Å². The van der Waals surface area contributed by atoms with E-state index in [1.54, 1.807) is 11.5 Å². The molecular formula is C27H38ClN5O3. The zero-order valence-electron chi connectivity index (χ0n) is 22.1. The van der Waals surface area contributed by atoms with Crippen LogP contribution in [-0.4, -0.2) is 39.0 Å². The van der Waals surface area contributed by atoms with Gasteiger partial charge in [0.15, 0.2) is 0 Å². The fourth-order valence-electron chi connectivity index (χ4n) is 4.11. The van der Waals surface area contributed by atoms with Crippen LogP contribution < -0.4 is 16.3 Å². The SMILES string of the molecule is CCC(C)C(NCCCNC(=O)OC(C)(C)C)c1cc2c(Cl)c(C)nn2c(=O)n1Cc1ccccc1. The second kappa shape index (κ2) is 11.9. The summed E-state index contributed by atoms with van der Waals surface area (Å²) in [5.41, 5.74) is 2.38. The minimum absolute atomic E-state index is 0.0933. The van der Waals surface area contributed by atoms with Crippen molar-refractivity contribution in [2.75, 3.05) is 13.1 Å². The first-order valence-corrected chi connectivity index (χ1v) is 12.9. The van der Waals surface area contributed by atoms with E-state index in [-0.39, 0.29) is 17.6 Å². The Morgan fingerprint density at radius 3 is 2.53 bits per heavy atom. The number of alkyl carbamates (subject to hydrolysis) is 1. The van der Waals surface area contributed by atoms with Crippen molar-refractivity contribution in [1.29, 1.82) is 0 Å². The molecule has 36 heavy (non-hydrogen) atoms. The van der Waals surface area contributed by atoms with Gasteiger partial charge in [0.1, 0.15) is 5.60 Å². The lowest BCUT2D eigenvalue weighted by atomic mass is 9.95. The number of nitrogens with one attached hydrogen (secondary N) is 2. The van der Waals surface area contributed by atoms with Gasteiger partial charge in [0.25, 0.3) is 0 Å². The molecule has 2 atom stereocenters. The van der Waals surface area contributed by atoms with Gasteiger partial charge in [-0.2, -0.15) is 9.61 Å². The van der Waals surface area contributed by atoms with E-state index in [4.69, 9.17) is 16.3 Å². The van der Waals surface area contributed by atoms with Crippen molar-refractivity contribution in [3.63, 3.8) is 0 Å². The molecule has 2 aromatic heterocycles. The third-order valence-electron chi connectivity index (χ3n) is 6.13. The number of hydrogen-bond donors (Lipinski definition) is 2. The van der Waals surface area contributed by atoms with Gasteiger partial charge < -0.3 is 15.4 Å². The number of aryl methyl sites for hydroxylation is 1. The summed E-state index contributed by atoms with van der Waals surface area (Å²) in [6.07, 6.45) is 1.21.